The molecule has 0 unspecified atom stereocenters. The fourth-order valence-corrected chi connectivity index (χ4v) is 1.93. The Morgan fingerprint density at radius 1 is 1.47 bits per heavy atom. The number of aromatic nitrogens is 3. The van der Waals surface area contributed by atoms with Gasteiger partial charge in [-0.3, -0.25) is 0 Å². The molecule has 0 aliphatic heterocycles. The average Bonchev–Trinajstić information content (AvgIpc) is 2.69. The zero-order valence-electron chi connectivity index (χ0n) is 9.57. The summed E-state index contributed by atoms with van der Waals surface area (Å²) >= 11 is 1.98. The van der Waals surface area contributed by atoms with Crippen LogP contribution in [0.2, 0.25) is 0 Å². The van der Waals surface area contributed by atoms with E-state index in [2.05, 4.69) is 29.2 Å². The third-order valence-corrected chi connectivity index (χ3v) is 3.08. The van der Waals surface area contributed by atoms with E-state index in [1.165, 1.54) is 17.9 Å². The van der Waals surface area contributed by atoms with Crippen molar-refractivity contribution in [2.45, 2.75) is 33.4 Å². The fraction of sp³-hybridized carbons (Fsp3) is 0.800. The summed E-state index contributed by atoms with van der Waals surface area (Å²) in [5.74, 6) is 3.44. The molecule has 1 N–H and O–H groups in total. The minimum Gasteiger partial charge on any atom is -0.310 e. The topological polar surface area (TPSA) is 42.7 Å². The standard InChI is InChI=1S/C10H20N4S/c1-3-11-8-10-12-9-13-14(10)6-5-7-15-4-2/h9,11H,3-8H2,1-2H3. The van der Waals surface area contributed by atoms with Crippen LogP contribution >= 0.6 is 11.8 Å². The minimum absolute atomic E-state index is 0.817. The van der Waals surface area contributed by atoms with Gasteiger partial charge in [0.15, 0.2) is 0 Å². The molecule has 0 aliphatic carbocycles. The number of nitrogens with zero attached hydrogens (tertiary/aromatic N) is 3. The van der Waals surface area contributed by atoms with E-state index >= 15 is 0 Å². The lowest BCUT2D eigenvalue weighted by Gasteiger charge is -2.05. The predicted molar refractivity (Wildman–Crippen MR) is 65.0 cm³/mol. The van der Waals surface area contributed by atoms with E-state index in [9.17, 15) is 0 Å². The van der Waals surface area contributed by atoms with Crippen molar-refractivity contribution in [2.75, 3.05) is 18.1 Å². The summed E-state index contributed by atoms with van der Waals surface area (Å²) < 4.78 is 2.00. The number of thioether (sulfide) groups is 1. The first-order chi connectivity index (χ1) is 7.38. The van der Waals surface area contributed by atoms with Crippen molar-refractivity contribution in [2.24, 2.45) is 0 Å². The van der Waals surface area contributed by atoms with Crippen molar-refractivity contribution in [1.82, 2.24) is 20.1 Å². The number of aryl methyl sites for hydroxylation is 1. The Balaban J connectivity index is 2.29. The second kappa shape index (κ2) is 7.70. The van der Waals surface area contributed by atoms with E-state index in [0.29, 0.717) is 0 Å². The molecule has 0 atom stereocenters. The number of rotatable bonds is 8. The molecule has 1 heterocycles. The molecule has 5 heteroatoms. The maximum absolute atomic E-state index is 4.24. The highest BCUT2D eigenvalue weighted by molar-refractivity contribution is 7.99. The van der Waals surface area contributed by atoms with Crippen LogP contribution in [0.15, 0.2) is 6.33 Å². The van der Waals surface area contributed by atoms with Gasteiger partial charge in [0.1, 0.15) is 12.2 Å². The Bertz CT molecular complexity index is 262. The van der Waals surface area contributed by atoms with Gasteiger partial charge >= 0.3 is 0 Å². The lowest BCUT2D eigenvalue weighted by molar-refractivity contribution is 0.550. The quantitative estimate of drug-likeness (QED) is 0.685. The van der Waals surface area contributed by atoms with E-state index in [-0.39, 0.29) is 0 Å². The van der Waals surface area contributed by atoms with Crippen molar-refractivity contribution < 1.29 is 0 Å². The smallest absolute Gasteiger partial charge is 0.140 e. The Hall–Kier alpha value is -0.550. The minimum atomic E-state index is 0.817. The summed E-state index contributed by atoms with van der Waals surface area (Å²) in [6, 6.07) is 0. The highest BCUT2D eigenvalue weighted by atomic mass is 32.2. The summed E-state index contributed by atoms with van der Waals surface area (Å²) in [5, 5.41) is 7.49. The third kappa shape index (κ3) is 4.66. The fourth-order valence-electron chi connectivity index (χ4n) is 1.31. The maximum atomic E-state index is 4.24. The third-order valence-electron chi connectivity index (χ3n) is 2.09. The zero-order chi connectivity index (χ0) is 10.9. The average molecular weight is 228 g/mol. The molecule has 86 valence electrons. The van der Waals surface area contributed by atoms with Crippen LogP contribution in [0.5, 0.6) is 0 Å². The Morgan fingerprint density at radius 2 is 2.33 bits per heavy atom. The van der Waals surface area contributed by atoms with Gasteiger partial charge in [0, 0.05) is 6.54 Å². The maximum Gasteiger partial charge on any atom is 0.140 e. The normalized spacial score (nSPS) is 10.8. The van der Waals surface area contributed by atoms with Crippen molar-refractivity contribution >= 4 is 11.8 Å². The van der Waals surface area contributed by atoms with Gasteiger partial charge in [-0.1, -0.05) is 13.8 Å². The highest BCUT2D eigenvalue weighted by Crippen LogP contribution is 2.03. The molecule has 0 aromatic carbocycles. The molecule has 0 spiro atoms. The van der Waals surface area contributed by atoms with E-state index < -0.39 is 0 Å². The molecule has 0 saturated heterocycles. The second-order valence-electron chi connectivity index (χ2n) is 3.23. The second-order valence-corrected chi connectivity index (χ2v) is 4.62. The van der Waals surface area contributed by atoms with Crippen LogP contribution in [-0.2, 0) is 13.1 Å². The van der Waals surface area contributed by atoms with Gasteiger partial charge in [-0.25, -0.2) is 9.67 Å². The van der Waals surface area contributed by atoms with Gasteiger partial charge in [-0.15, -0.1) is 0 Å². The summed E-state index contributed by atoms with van der Waals surface area (Å²) in [4.78, 5) is 4.24. The molecular formula is C10H20N4S. The van der Waals surface area contributed by atoms with Gasteiger partial charge in [-0.2, -0.15) is 16.9 Å². The molecule has 0 fully saturated rings. The number of hydrogen-bond acceptors (Lipinski definition) is 4. The van der Waals surface area contributed by atoms with Gasteiger partial charge in [0.2, 0.25) is 0 Å². The molecule has 1 aromatic heterocycles. The SMILES string of the molecule is CCNCc1ncnn1CCCSCC. The first-order valence-corrected chi connectivity index (χ1v) is 6.69. The largest absolute Gasteiger partial charge is 0.310 e. The van der Waals surface area contributed by atoms with Gasteiger partial charge in [0.05, 0.1) is 6.54 Å². The molecule has 1 rings (SSSR count). The van der Waals surface area contributed by atoms with Crippen molar-refractivity contribution in [3.8, 4) is 0 Å². The van der Waals surface area contributed by atoms with Crippen molar-refractivity contribution in [1.29, 1.82) is 0 Å². The van der Waals surface area contributed by atoms with E-state index in [1.807, 2.05) is 16.4 Å². The monoisotopic (exact) mass is 228 g/mol. The van der Waals surface area contributed by atoms with E-state index in [0.717, 1.165) is 25.5 Å². The number of hydrogen-bond donors (Lipinski definition) is 1. The Morgan fingerprint density at radius 3 is 3.07 bits per heavy atom. The van der Waals surface area contributed by atoms with Crippen LogP contribution in [0, 0.1) is 0 Å². The molecule has 0 saturated carbocycles. The Labute approximate surface area is 95.9 Å². The lowest BCUT2D eigenvalue weighted by Crippen LogP contribution is -2.17. The van der Waals surface area contributed by atoms with Crippen molar-refractivity contribution in [3.63, 3.8) is 0 Å². The first-order valence-electron chi connectivity index (χ1n) is 5.53. The first kappa shape index (κ1) is 12.5. The van der Waals surface area contributed by atoms with Gasteiger partial charge < -0.3 is 5.32 Å². The molecule has 0 bridgehead atoms. The van der Waals surface area contributed by atoms with Gasteiger partial charge in [0.25, 0.3) is 0 Å². The van der Waals surface area contributed by atoms with Crippen LogP contribution in [-0.4, -0.2) is 32.8 Å². The lowest BCUT2D eigenvalue weighted by atomic mass is 10.4. The summed E-state index contributed by atoms with van der Waals surface area (Å²) in [6.45, 7) is 7.05. The summed E-state index contributed by atoms with van der Waals surface area (Å²) in [6.07, 6.45) is 2.81. The van der Waals surface area contributed by atoms with Crippen molar-refractivity contribution in [3.05, 3.63) is 12.2 Å². The molecule has 4 nitrogen and oxygen atoms in total. The van der Waals surface area contributed by atoms with Crippen LogP contribution in [0.4, 0.5) is 0 Å². The molecule has 0 radical (unpaired) electrons. The summed E-state index contributed by atoms with van der Waals surface area (Å²) in [7, 11) is 0. The molecule has 0 amide bonds. The predicted octanol–water partition coefficient (Wildman–Crippen LogP) is 1.53. The highest BCUT2D eigenvalue weighted by Gasteiger charge is 2.02. The van der Waals surface area contributed by atoms with Crippen LogP contribution < -0.4 is 5.32 Å². The molecule has 1 aromatic rings. The van der Waals surface area contributed by atoms with Crippen LogP contribution in [0.3, 0.4) is 0 Å². The molecule has 15 heavy (non-hydrogen) atoms. The van der Waals surface area contributed by atoms with Crippen LogP contribution in [0.25, 0.3) is 0 Å². The number of nitrogens with one attached hydrogen (secondary N) is 1. The zero-order valence-corrected chi connectivity index (χ0v) is 10.4. The van der Waals surface area contributed by atoms with Crippen LogP contribution in [0.1, 0.15) is 26.1 Å². The Kier molecular flexibility index (Phi) is 6.43. The summed E-state index contributed by atoms with van der Waals surface area (Å²) in [5.41, 5.74) is 0. The molecular weight excluding hydrogens is 208 g/mol. The van der Waals surface area contributed by atoms with Gasteiger partial charge in [-0.05, 0) is 24.5 Å². The van der Waals surface area contributed by atoms with E-state index in [1.54, 1.807) is 6.33 Å². The van der Waals surface area contributed by atoms with E-state index in [4.69, 9.17) is 0 Å². The molecule has 0 aliphatic rings.